The van der Waals surface area contributed by atoms with Crippen molar-refractivity contribution in [1.29, 1.82) is 0 Å². The van der Waals surface area contributed by atoms with Gasteiger partial charge in [-0.05, 0) is 24.6 Å². The summed E-state index contributed by atoms with van der Waals surface area (Å²) in [7, 11) is 0. The third-order valence-electron chi connectivity index (χ3n) is 2.62. The lowest BCUT2D eigenvalue weighted by molar-refractivity contribution is 0.0765. The Hall–Kier alpha value is -1.13. The number of aliphatic hydroxyl groups excluding tert-OH is 1. The molecule has 0 unspecified atom stereocenters. The molecule has 1 atom stereocenters. The monoisotopic (exact) mass is 243 g/mol. The zero-order chi connectivity index (χ0) is 11.7. The third kappa shape index (κ3) is 2.18. The Morgan fingerprint density at radius 3 is 2.88 bits per heavy atom. The molecule has 3 nitrogen and oxygen atoms in total. The van der Waals surface area contributed by atoms with E-state index in [4.69, 9.17) is 11.6 Å². The number of β-amino-alcohol motifs (C(OH)–C–C–N with tert-alkyl or cyclic N) is 1. The zero-order valence-electron chi connectivity index (χ0n) is 8.49. The van der Waals surface area contributed by atoms with E-state index in [0.29, 0.717) is 25.1 Å². The Balaban J connectivity index is 2.18. The summed E-state index contributed by atoms with van der Waals surface area (Å²) in [5, 5.41) is 9.25. The minimum atomic E-state index is -0.542. The zero-order valence-corrected chi connectivity index (χ0v) is 9.25. The standard InChI is InChI=1S/C11H11ClFNO2/c12-9-5-7(1-2-10(9)13)11(16)14-4-3-8(15)6-14/h1-2,5,8,15H,3-4,6H2/t8-/m0/s1. The molecular formula is C11H11ClFNO2. The van der Waals surface area contributed by atoms with E-state index in [1.54, 1.807) is 0 Å². The number of amides is 1. The summed E-state index contributed by atoms with van der Waals surface area (Å²) in [6.07, 6.45) is 0.126. The molecule has 1 N–H and O–H groups in total. The molecule has 2 rings (SSSR count). The van der Waals surface area contributed by atoms with E-state index in [1.807, 2.05) is 0 Å². The van der Waals surface area contributed by atoms with Crippen LogP contribution in [-0.4, -0.2) is 35.1 Å². The highest BCUT2D eigenvalue weighted by molar-refractivity contribution is 6.31. The predicted molar refractivity (Wildman–Crippen MR) is 57.9 cm³/mol. The van der Waals surface area contributed by atoms with Gasteiger partial charge < -0.3 is 10.0 Å². The SMILES string of the molecule is O=C(c1ccc(F)c(Cl)c1)N1CC[C@H](O)C1. The minimum Gasteiger partial charge on any atom is -0.391 e. The number of nitrogens with zero attached hydrogens (tertiary/aromatic N) is 1. The lowest BCUT2D eigenvalue weighted by Crippen LogP contribution is -2.29. The average Bonchev–Trinajstić information content (AvgIpc) is 2.68. The average molecular weight is 244 g/mol. The highest BCUT2D eigenvalue weighted by atomic mass is 35.5. The number of carbonyl (C=O) groups excluding carboxylic acids is 1. The number of carbonyl (C=O) groups is 1. The molecule has 5 heteroatoms. The summed E-state index contributed by atoms with van der Waals surface area (Å²) in [5.41, 5.74) is 0.348. The number of benzene rings is 1. The van der Waals surface area contributed by atoms with Crippen LogP contribution in [0.4, 0.5) is 4.39 Å². The van der Waals surface area contributed by atoms with Crippen molar-refractivity contribution in [3.05, 3.63) is 34.6 Å². The van der Waals surface area contributed by atoms with Crippen LogP contribution >= 0.6 is 11.6 Å². The maximum absolute atomic E-state index is 12.9. The van der Waals surface area contributed by atoms with Gasteiger partial charge in [-0.3, -0.25) is 4.79 Å². The van der Waals surface area contributed by atoms with E-state index in [2.05, 4.69) is 0 Å². The van der Waals surface area contributed by atoms with Gasteiger partial charge in [-0.1, -0.05) is 11.6 Å². The number of rotatable bonds is 1. The number of aliphatic hydroxyl groups is 1. The van der Waals surface area contributed by atoms with Gasteiger partial charge in [0, 0.05) is 18.7 Å². The van der Waals surface area contributed by atoms with Gasteiger partial charge in [0.05, 0.1) is 11.1 Å². The van der Waals surface area contributed by atoms with E-state index >= 15 is 0 Å². The van der Waals surface area contributed by atoms with Crippen molar-refractivity contribution in [3.8, 4) is 0 Å². The van der Waals surface area contributed by atoms with Crippen molar-refractivity contribution < 1.29 is 14.3 Å². The van der Waals surface area contributed by atoms with Gasteiger partial charge in [0.25, 0.3) is 5.91 Å². The van der Waals surface area contributed by atoms with E-state index < -0.39 is 11.9 Å². The van der Waals surface area contributed by atoms with Gasteiger partial charge >= 0.3 is 0 Å². The molecule has 1 aliphatic rings. The molecular weight excluding hydrogens is 233 g/mol. The van der Waals surface area contributed by atoms with Gasteiger partial charge in [0.2, 0.25) is 0 Å². The molecule has 1 aromatic rings. The van der Waals surface area contributed by atoms with Gasteiger partial charge in [-0.15, -0.1) is 0 Å². The molecule has 0 aliphatic carbocycles. The number of hydrogen-bond donors (Lipinski definition) is 1. The fraction of sp³-hybridized carbons (Fsp3) is 0.364. The Bertz CT molecular complexity index is 424. The highest BCUT2D eigenvalue weighted by Crippen LogP contribution is 2.19. The molecule has 1 aliphatic heterocycles. The van der Waals surface area contributed by atoms with Crippen molar-refractivity contribution in [3.63, 3.8) is 0 Å². The van der Waals surface area contributed by atoms with Crippen molar-refractivity contribution in [2.24, 2.45) is 0 Å². The van der Waals surface area contributed by atoms with E-state index in [-0.39, 0.29) is 10.9 Å². The molecule has 0 saturated carbocycles. The number of halogens is 2. The van der Waals surface area contributed by atoms with Crippen LogP contribution in [0.3, 0.4) is 0 Å². The first-order chi connectivity index (χ1) is 7.58. The molecule has 0 aromatic heterocycles. The van der Waals surface area contributed by atoms with Crippen molar-refractivity contribution >= 4 is 17.5 Å². The first kappa shape index (κ1) is 11.4. The highest BCUT2D eigenvalue weighted by Gasteiger charge is 2.25. The van der Waals surface area contributed by atoms with Crippen LogP contribution < -0.4 is 0 Å². The number of likely N-dealkylation sites (tertiary alicyclic amines) is 1. The Kier molecular flexibility index (Phi) is 3.12. The van der Waals surface area contributed by atoms with Crippen molar-refractivity contribution in [2.75, 3.05) is 13.1 Å². The molecule has 1 fully saturated rings. The van der Waals surface area contributed by atoms with Crippen LogP contribution in [0, 0.1) is 5.82 Å². The Labute approximate surface area is 97.4 Å². The molecule has 0 radical (unpaired) electrons. The molecule has 1 saturated heterocycles. The van der Waals surface area contributed by atoms with Crippen molar-refractivity contribution in [2.45, 2.75) is 12.5 Å². The molecule has 1 amide bonds. The molecule has 0 spiro atoms. The maximum Gasteiger partial charge on any atom is 0.253 e. The van der Waals surface area contributed by atoms with Crippen molar-refractivity contribution in [1.82, 2.24) is 4.90 Å². The van der Waals surface area contributed by atoms with Crippen LogP contribution in [0.5, 0.6) is 0 Å². The molecule has 1 heterocycles. The summed E-state index contributed by atoms with van der Waals surface area (Å²) >= 11 is 5.60. The Morgan fingerprint density at radius 2 is 2.31 bits per heavy atom. The predicted octanol–water partition coefficient (Wildman–Crippen LogP) is 1.69. The van der Waals surface area contributed by atoms with Crippen LogP contribution in [0.1, 0.15) is 16.8 Å². The molecule has 1 aromatic carbocycles. The summed E-state index contributed by atoms with van der Waals surface area (Å²) in [6.45, 7) is 0.850. The van der Waals surface area contributed by atoms with E-state index in [0.717, 1.165) is 0 Å². The molecule has 86 valence electrons. The summed E-state index contributed by atoms with van der Waals surface area (Å²) < 4.78 is 12.9. The first-order valence-electron chi connectivity index (χ1n) is 5.00. The maximum atomic E-state index is 12.9. The minimum absolute atomic E-state index is 0.0643. The van der Waals surface area contributed by atoms with Crippen LogP contribution in [-0.2, 0) is 0 Å². The van der Waals surface area contributed by atoms with Gasteiger partial charge in [-0.25, -0.2) is 4.39 Å². The van der Waals surface area contributed by atoms with Gasteiger partial charge in [0.1, 0.15) is 5.82 Å². The quantitative estimate of drug-likeness (QED) is 0.815. The topological polar surface area (TPSA) is 40.5 Å². The van der Waals surface area contributed by atoms with Gasteiger partial charge in [0.15, 0.2) is 0 Å². The second-order valence-corrected chi connectivity index (χ2v) is 4.23. The fourth-order valence-electron chi connectivity index (χ4n) is 1.74. The third-order valence-corrected chi connectivity index (χ3v) is 2.91. The second-order valence-electron chi connectivity index (χ2n) is 3.82. The largest absolute Gasteiger partial charge is 0.391 e. The summed E-state index contributed by atoms with van der Waals surface area (Å²) in [6, 6.07) is 3.88. The number of hydrogen-bond acceptors (Lipinski definition) is 2. The van der Waals surface area contributed by atoms with Gasteiger partial charge in [-0.2, -0.15) is 0 Å². The fourth-order valence-corrected chi connectivity index (χ4v) is 1.92. The first-order valence-corrected chi connectivity index (χ1v) is 5.38. The van der Waals surface area contributed by atoms with Crippen LogP contribution in [0.25, 0.3) is 0 Å². The summed E-state index contributed by atoms with van der Waals surface area (Å²) in [5.74, 6) is -0.766. The molecule has 16 heavy (non-hydrogen) atoms. The summed E-state index contributed by atoms with van der Waals surface area (Å²) in [4.78, 5) is 13.4. The Morgan fingerprint density at radius 1 is 1.56 bits per heavy atom. The lowest BCUT2D eigenvalue weighted by Gasteiger charge is -2.15. The molecule has 0 bridgehead atoms. The second kappa shape index (κ2) is 4.39. The van der Waals surface area contributed by atoms with Crippen LogP contribution in [0.2, 0.25) is 5.02 Å². The van der Waals surface area contributed by atoms with Crippen LogP contribution in [0.15, 0.2) is 18.2 Å². The lowest BCUT2D eigenvalue weighted by atomic mass is 10.2. The normalized spacial score (nSPS) is 20.2. The van der Waals surface area contributed by atoms with E-state index in [9.17, 15) is 14.3 Å². The smallest absolute Gasteiger partial charge is 0.253 e. The van der Waals surface area contributed by atoms with E-state index in [1.165, 1.54) is 23.1 Å².